The van der Waals surface area contributed by atoms with Gasteiger partial charge in [0.05, 0.1) is 0 Å². The number of fused-ring (bicyclic) bond motifs is 3. The molecule has 3 N–H and O–H groups in total. The third-order valence-corrected chi connectivity index (χ3v) is 6.90. The van der Waals surface area contributed by atoms with Crippen LogP contribution in [0, 0.1) is 11.3 Å². The maximum atomic E-state index is 12.7. The zero-order valence-electron chi connectivity index (χ0n) is 20.5. The van der Waals surface area contributed by atoms with Gasteiger partial charge in [-0.3, -0.25) is 4.79 Å². The fourth-order valence-electron chi connectivity index (χ4n) is 5.26. The number of alkyl carbamates (subject to hydrolysis) is 1. The molecule has 0 saturated heterocycles. The Morgan fingerprint density at radius 1 is 1.00 bits per heavy atom. The first-order valence-corrected chi connectivity index (χ1v) is 12.3. The van der Waals surface area contributed by atoms with Crippen LogP contribution >= 0.6 is 0 Å². The van der Waals surface area contributed by atoms with E-state index in [0.29, 0.717) is 25.7 Å². The maximum absolute atomic E-state index is 12.7. The van der Waals surface area contributed by atoms with Gasteiger partial charge in [0.2, 0.25) is 5.91 Å². The molecule has 1 saturated carbocycles. The zero-order valence-corrected chi connectivity index (χ0v) is 20.5. The van der Waals surface area contributed by atoms with E-state index in [9.17, 15) is 19.5 Å². The van der Waals surface area contributed by atoms with E-state index in [1.54, 1.807) is 0 Å². The summed E-state index contributed by atoms with van der Waals surface area (Å²) in [5, 5.41) is 15.1. The van der Waals surface area contributed by atoms with Crippen molar-refractivity contribution in [3.8, 4) is 11.1 Å². The topological polar surface area (TPSA) is 105 Å². The van der Waals surface area contributed by atoms with Gasteiger partial charge in [-0.15, -0.1) is 0 Å². The molecule has 3 atom stereocenters. The fourth-order valence-corrected chi connectivity index (χ4v) is 5.26. The van der Waals surface area contributed by atoms with Gasteiger partial charge < -0.3 is 20.5 Å². The minimum Gasteiger partial charge on any atom is -0.480 e. The second kappa shape index (κ2) is 10.1. The largest absolute Gasteiger partial charge is 0.480 e. The van der Waals surface area contributed by atoms with Crippen LogP contribution < -0.4 is 10.6 Å². The van der Waals surface area contributed by atoms with Crippen LogP contribution in [0.3, 0.4) is 0 Å². The minimum absolute atomic E-state index is 0.00831. The maximum Gasteiger partial charge on any atom is 0.407 e. The molecule has 0 heterocycles. The Morgan fingerprint density at radius 3 is 2.17 bits per heavy atom. The van der Waals surface area contributed by atoms with Gasteiger partial charge in [0.1, 0.15) is 12.6 Å². The van der Waals surface area contributed by atoms with Gasteiger partial charge in [0, 0.05) is 17.9 Å². The molecule has 1 unspecified atom stereocenters. The van der Waals surface area contributed by atoms with Crippen molar-refractivity contribution in [1.29, 1.82) is 0 Å². The second-order valence-electron chi connectivity index (χ2n) is 10.8. The Morgan fingerprint density at radius 2 is 1.60 bits per heavy atom. The normalized spacial score (nSPS) is 20.0. The molecule has 0 radical (unpaired) electrons. The molecule has 2 aromatic rings. The summed E-state index contributed by atoms with van der Waals surface area (Å²) >= 11 is 0. The highest BCUT2D eigenvalue weighted by Crippen LogP contribution is 2.44. The molecule has 186 valence electrons. The minimum atomic E-state index is -1.03. The quantitative estimate of drug-likeness (QED) is 0.535. The molecule has 4 rings (SSSR count). The van der Waals surface area contributed by atoms with Gasteiger partial charge in [-0.2, -0.15) is 0 Å². The van der Waals surface area contributed by atoms with Gasteiger partial charge in [-0.25, -0.2) is 9.59 Å². The number of carboxylic acid groups (broad SMARTS) is 1. The molecule has 2 aliphatic carbocycles. The molecule has 1 fully saturated rings. The predicted octanol–water partition coefficient (Wildman–Crippen LogP) is 4.70. The van der Waals surface area contributed by atoms with Crippen molar-refractivity contribution in [2.24, 2.45) is 11.3 Å². The molecule has 2 amide bonds. The van der Waals surface area contributed by atoms with Gasteiger partial charge in [-0.05, 0) is 53.4 Å². The lowest BCUT2D eigenvalue weighted by Gasteiger charge is -2.25. The highest BCUT2D eigenvalue weighted by Gasteiger charge is 2.35. The Labute approximate surface area is 206 Å². The van der Waals surface area contributed by atoms with E-state index in [2.05, 4.69) is 34.9 Å². The molecule has 7 heteroatoms. The van der Waals surface area contributed by atoms with E-state index >= 15 is 0 Å². The summed E-state index contributed by atoms with van der Waals surface area (Å²) in [6.45, 7) is 6.07. The summed E-state index contributed by atoms with van der Waals surface area (Å²) in [6.07, 6.45) is 1.58. The summed E-state index contributed by atoms with van der Waals surface area (Å²) in [5.41, 5.74) is 4.44. The molecule has 2 aliphatic rings. The van der Waals surface area contributed by atoms with E-state index in [1.165, 1.54) is 11.1 Å². The molecule has 2 aromatic carbocycles. The number of benzene rings is 2. The summed E-state index contributed by atoms with van der Waals surface area (Å²) in [7, 11) is 0. The number of carboxylic acids is 1. The number of amides is 2. The Kier molecular flexibility index (Phi) is 7.15. The summed E-state index contributed by atoms with van der Waals surface area (Å²) in [6, 6.07) is 15.3. The summed E-state index contributed by atoms with van der Waals surface area (Å²) in [4.78, 5) is 36.8. The van der Waals surface area contributed by atoms with Gasteiger partial charge in [-0.1, -0.05) is 69.3 Å². The highest BCUT2D eigenvalue weighted by molar-refractivity contribution is 5.85. The Balaban J connectivity index is 1.29. The number of carbonyl (C=O) groups excluding carboxylic acids is 2. The third-order valence-electron chi connectivity index (χ3n) is 6.90. The van der Waals surface area contributed by atoms with Crippen LogP contribution in [0.5, 0.6) is 0 Å². The number of hydrogen-bond donors (Lipinski definition) is 3. The number of ether oxygens (including phenoxy) is 1. The lowest BCUT2D eigenvalue weighted by atomic mass is 9.88. The number of nitrogens with one attached hydrogen (secondary N) is 2. The van der Waals surface area contributed by atoms with Crippen LogP contribution in [-0.2, 0) is 14.3 Å². The molecule has 35 heavy (non-hydrogen) atoms. The van der Waals surface area contributed by atoms with Crippen LogP contribution in [0.25, 0.3) is 11.1 Å². The predicted molar refractivity (Wildman–Crippen MR) is 133 cm³/mol. The lowest BCUT2D eigenvalue weighted by Crippen LogP contribution is -2.45. The summed E-state index contributed by atoms with van der Waals surface area (Å²) < 4.78 is 5.62. The second-order valence-corrected chi connectivity index (χ2v) is 10.8. The molecule has 7 nitrogen and oxygen atoms in total. The average molecular weight is 479 g/mol. The SMILES string of the molecule is CC(C)(C)CC(NC(=O)[C@H]1CC[C@@H](NC(=O)OCC2c3ccccc3-c3ccccc32)C1)C(=O)O. The number of hydrogen-bond acceptors (Lipinski definition) is 4. The molecular formula is C28H34N2O5. The van der Waals surface area contributed by atoms with Crippen molar-refractivity contribution in [2.45, 2.75) is 64.5 Å². The van der Waals surface area contributed by atoms with Crippen LogP contribution in [0.1, 0.15) is 63.5 Å². The smallest absolute Gasteiger partial charge is 0.407 e. The standard InChI is InChI=1S/C28H34N2O5/c1-28(2,3)15-24(26(32)33)30-25(31)17-12-13-18(14-17)29-27(34)35-16-23-21-10-6-4-8-19(21)20-9-5-7-11-22(20)23/h4-11,17-18,23-24H,12-16H2,1-3H3,(H,29,34)(H,30,31)(H,32,33)/t17-,18+,24?/m0/s1. The molecule has 0 bridgehead atoms. The van der Waals surface area contributed by atoms with Gasteiger partial charge >= 0.3 is 12.1 Å². The van der Waals surface area contributed by atoms with Crippen LogP contribution in [0.15, 0.2) is 48.5 Å². The van der Waals surface area contributed by atoms with E-state index in [0.717, 1.165) is 11.1 Å². The molecule has 0 aromatic heterocycles. The third kappa shape index (κ3) is 5.84. The number of carbonyl (C=O) groups is 3. The van der Waals surface area contributed by atoms with Crippen molar-refractivity contribution < 1.29 is 24.2 Å². The van der Waals surface area contributed by atoms with E-state index < -0.39 is 18.1 Å². The molecule has 0 aliphatic heterocycles. The number of rotatable bonds is 7. The first-order chi connectivity index (χ1) is 16.6. The van der Waals surface area contributed by atoms with E-state index in [-0.39, 0.29) is 35.8 Å². The van der Waals surface area contributed by atoms with Gasteiger partial charge in [0.15, 0.2) is 0 Å². The van der Waals surface area contributed by atoms with Crippen molar-refractivity contribution in [3.05, 3.63) is 59.7 Å². The monoisotopic (exact) mass is 478 g/mol. The Bertz CT molecular complexity index is 1060. The van der Waals surface area contributed by atoms with Crippen molar-refractivity contribution in [1.82, 2.24) is 10.6 Å². The van der Waals surface area contributed by atoms with Crippen LogP contribution in [-0.4, -0.2) is 41.8 Å². The number of aliphatic carboxylic acids is 1. The molecule has 0 spiro atoms. The zero-order chi connectivity index (χ0) is 25.2. The Hall–Kier alpha value is -3.35. The molecular weight excluding hydrogens is 444 g/mol. The van der Waals surface area contributed by atoms with Crippen molar-refractivity contribution in [3.63, 3.8) is 0 Å². The van der Waals surface area contributed by atoms with Crippen LogP contribution in [0.2, 0.25) is 0 Å². The first-order valence-electron chi connectivity index (χ1n) is 12.3. The van der Waals surface area contributed by atoms with Crippen molar-refractivity contribution in [2.75, 3.05) is 6.61 Å². The lowest BCUT2D eigenvalue weighted by molar-refractivity contribution is -0.143. The summed E-state index contributed by atoms with van der Waals surface area (Å²) in [5.74, 6) is -1.63. The van der Waals surface area contributed by atoms with E-state index in [1.807, 2.05) is 45.0 Å². The van der Waals surface area contributed by atoms with Crippen molar-refractivity contribution >= 4 is 18.0 Å². The van der Waals surface area contributed by atoms with Gasteiger partial charge in [0.25, 0.3) is 0 Å². The van der Waals surface area contributed by atoms with Crippen LogP contribution in [0.4, 0.5) is 4.79 Å². The fraction of sp³-hybridized carbons (Fsp3) is 0.464. The highest BCUT2D eigenvalue weighted by atomic mass is 16.5. The average Bonchev–Trinajstić information content (AvgIpc) is 3.39. The first kappa shape index (κ1) is 24.8. The van der Waals surface area contributed by atoms with E-state index in [4.69, 9.17) is 4.74 Å².